The van der Waals surface area contributed by atoms with E-state index in [1.165, 1.54) is 0 Å². The van der Waals surface area contributed by atoms with Crippen LogP contribution in [0.15, 0.2) is 29.4 Å². The molecule has 120 valence electrons. The van der Waals surface area contributed by atoms with Gasteiger partial charge < -0.3 is 14.2 Å². The molecule has 22 heavy (non-hydrogen) atoms. The van der Waals surface area contributed by atoms with Gasteiger partial charge in [-0.25, -0.2) is 5.43 Å². The van der Waals surface area contributed by atoms with Crippen LogP contribution in [0.2, 0.25) is 0 Å². The zero-order chi connectivity index (χ0) is 16.4. The maximum absolute atomic E-state index is 11.6. The highest BCUT2D eigenvalue weighted by atomic mass is 16.5. The second-order valence-corrected chi connectivity index (χ2v) is 4.33. The van der Waals surface area contributed by atoms with Gasteiger partial charge in [0.05, 0.1) is 20.1 Å². The fourth-order valence-corrected chi connectivity index (χ4v) is 1.47. The van der Waals surface area contributed by atoms with Crippen molar-refractivity contribution in [3.8, 4) is 11.5 Å². The smallest absolute Gasteiger partial charge is 0.311 e. The van der Waals surface area contributed by atoms with E-state index in [2.05, 4.69) is 10.5 Å². The summed E-state index contributed by atoms with van der Waals surface area (Å²) in [5.41, 5.74) is 2.77. The summed E-state index contributed by atoms with van der Waals surface area (Å²) in [4.78, 5) is 22.8. The number of esters is 1. The quantitative estimate of drug-likeness (QED) is 0.447. The summed E-state index contributed by atoms with van der Waals surface area (Å²) >= 11 is 0. The lowest BCUT2D eigenvalue weighted by Gasteiger charge is -2.06. The van der Waals surface area contributed by atoms with Crippen molar-refractivity contribution in [1.29, 1.82) is 0 Å². The molecule has 0 aliphatic rings. The van der Waals surface area contributed by atoms with Gasteiger partial charge in [-0.05, 0) is 38.1 Å². The van der Waals surface area contributed by atoms with Crippen LogP contribution in [0.1, 0.15) is 20.3 Å². The lowest BCUT2D eigenvalue weighted by atomic mass is 10.3. The number of nitrogens with zero attached hydrogens (tertiary/aromatic N) is 1. The summed E-state index contributed by atoms with van der Waals surface area (Å²) in [6.45, 7) is 3.49. The molecule has 0 fully saturated rings. The Balaban J connectivity index is 2.34. The van der Waals surface area contributed by atoms with E-state index in [0.29, 0.717) is 23.8 Å². The summed E-state index contributed by atoms with van der Waals surface area (Å²) in [6.07, 6.45) is 0.0352. The number of nitrogens with one attached hydrogen (secondary N) is 1. The summed E-state index contributed by atoms with van der Waals surface area (Å²) in [5, 5.41) is 3.80. The number of amides is 1. The molecule has 0 spiro atoms. The van der Waals surface area contributed by atoms with Gasteiger partial charge in [-0.1, -0.05) is 0 Å². The molecule has 1 aromatic carbocycles. The number of ether oxygens (including phenoxy) is 3. The molecule has 0 aliphatic heterocycles. The first-order valence-corrected chi connectivity index (χ1v) is 6.79. The molecular weight excluding hydrogens is 288 g/mol. The molecule has 1 amide bonds. The van der Waals surface area contributed by atoms with Crippen LogP contribution >= 0.6 is 0 Å². The van der Waals surface area contributed by atoms with Crippen molar-refractivity contribution in [2.75, 3.05) is 20.3 Å². The lowest BCUT2D eigenvalue weighted by Crippen LogP contribution is -2.26. The molecular formula is C15H20N2O5. The Morgan fingerprint density at radius 1 is 1.18 bits per heavy atom. The van der Waals surface area contributed by atoms with Gasteiger partial charge in [0.1, 0.15) is 11.5 Å². The van der Waals surface area contributed by atoms with Gasteiger partial charge >= 0.3 is 5.97 Å². The van der Waals surface area contributed by atoms with Gasteiger partial charge in [0.2, 0.25) is 0 Å². The van der Waals surface area contributed by atoms with Crippen molar-refractivity contribution in [3.05, 3.63) is 24.3 Å². The third-order valence-electron chi connectivity index (χ3n) is 2.51. The normalized spacial score (nSPS) is 10.8. The summed E-state index contributed by atoms with van der Waals surface area (Å²) < 4.78 is 15.1. The summed E-state index contributed by atoms with van der Waals surface area (Å²) in [5.74, 6) is 0.450. The largest absolute Gasteiger partial charge is 0.497 e. The molecule has 0 aromatic heterocycles. The molecule has 1 rings (SSSR count). The molecule has 0 bridgehead atoms. The van der Waals surface area contributed by atoms with Crippen molar-refractivity contribution < 1.29 is 23.8 Å². The molecule has 0 heterocycles. The van der Waals surface area contributed by atoms with Crippen LogP contribution in [-0.4, -0.2) is 37.9 Å². The van der Waals surface area contributed by atoms with E-state index in [1.54, 1.807) is 45.2 Å². The molecule has 0 saturated carbocycles. The molecule has 0 unspecified atom stereocenters. The highest BCUT2D eigenvalue weighted by Gasteiger charge is 2.06. The van der Waals surface area contributed by atoms with Crippen molar-refractivity contribution in [3.63, 3.8) is 0 Å². The Kier molecular flexibility index (Phi) is 7.45. The first-order valence-electron chi connectivity index (χ1n) is 6.79. The maximum atomic E-state index is 11.6. The van der Waals surface area contributed by atoms with Gasteiger partial charge in [-0.3, -0.25) is 9.59 Å². The first-order chi connectivity index (χ1) is 10.5. The molecule has 7 nitrogen and oxygen atoms in total. The fraction of sp³-hybridized carbons (Fsp3) is 0.400. The number of hydrogen-bond donors (Lipinski definition) is 1. The third-order valence-corrected chi connectivity index (χ3v) is 2.51. The average molecular weight is 308 g/mol. The Morgan fingerprint density at radius 2 is 1.82 bits per heavy atom. The first kappa shape index (κ1) is 17.5. The highest BCUT2D eigenvalue weighted by Crippen LogP contribution is 2.16. The molecule has 0 saturated heterocycles. The van der Waals surface area contributed by atoms with E-state index in [1.807, 2.05) is 0 Å². The zero-order valence-corrected chi connectivity index (χ0v) is 12.9. The van der Waals surface area contributed by atoms with Gasteiger partial charge in [0, 0.05) is 5.71 Å². The number of methoxy groups -OCH3 is 1. The minimum absolute atomic E-state index is 0.0352. The lowest BCUT2D eigenvalue weighted by molar-refractivity contribution is -0.141. The van der Waals surface area contributed by atoms with Gasteiger partial charge in [0.25, 0.3) is 5.91 Å². The van der Waals surface area contributed by atoms with Crippen molar-refractivity contribution >= 4 is 17.6 Å². The predicted molar refractivity (Wildman–Crippen MR) is 81.0 cm³/mol. The van der Waals surface area contributed by atoms with Gasteiger partial charge in [-0.2, -0.15) is 5.10 Å². The predicted octanol–water partition coefficient (Wildman–Crippen LogP) is 1.52. The van der Waals surface area contributed by atoms with E-state index in [4.69, 9.17) is 14.2 Å². The van der Waals surface area contributed by atoms with Crippen molar-refractivity contribution in [1.82, 2.24) is 5.43 Å². The molecule has 0 atom stereocenters. The number of hydrogen-bond acceptors (Lipinski definition) is 6. The minimum Gasteiger partial charge on any atom is -0.497 e. The Morgan fingerprint density at radius 3 is 2.41 bits per heavy atom. The van der Waals surface area contributed by atoms with E-state index in [0.717, 1.165) is 0 Å². The number of rotatable bonds is 8. The molecule has 0 aliphatic carbocycles. The van der Waals surface area contributed by atoms with Crippen LogP contribution in [0.3, 0.4) is 0 Å². The molecule has 1 N–H and O–H groups in total. The van der Waals surface area contributed by atoms with E-state index >= 15 is 0 Å². The average Bonchev–Trinajstić information content (AvgIpc) is 2.51. The maximum Gasteiger partial charge on any atom is 0.311 e. The monoisotopic (exact) mass is 308 g/mol. The molecule has 7 heteroatoms. The Hall–Kier alpha value is -2.57. The topological polar surface area (TPSA) is 86.2 Å². The second-order valence-electron chi connectivity index (χ2n) is 4.33. The molecule has 0 radical (unpaired) electrons. The van der Waals surface area contributed by atoms with Crippen LogP contribution in [0.5, 0.6) is 11.5 Å². The minimum atomic E-state index is -0.418. The van der Waals surface area contributed by atoms with E-state index < -0.39 is 5.91 Å². The number of hydrazone groups is 1. The SMILES string of the molecule is CCOC(=O)C/C(C)=N/NC(=O)COc1ccc(OC)cc1. The number of benzene rings is 1. The Bertz CT molecular complexity index is 525. The Labute approximate surface area is 129 Å². The van der Waals surface area contributed by atoms with Crippen LogP contribution in [0, 0.1) is 0 Å². The molecule has 1 aromatic rings. The van der Waals surface area contributed by atoms with E-state index in [9.17, 15) is 9.59 Å². The summed E-state index contributed by atoms with van der Waals surface area (Å²) in [6, 6.07) is 6.85. The second kappa shape index (κ2) is 9.38. The van der Waals surface area contributed by atoms with Gasteiger partial charge in [0.15, 0.2) is 6.61 Å². The van der Waals surface area contributed by atoms with Crippen LogP contribution in [0.4, 0.5) is 0 Å². The van der Waals surface area contributed by atoms with Crippen molar-refractivity contribution in [2.24, 2.45) is 5.10 Å². The number of carbonyl (C=O) groups excluding carboxylic acids is 2. The standard InChI is InChI=1S/C15H20N2O5/c1-4-21-15(19)9-11(2)16-17-14(18)10-22-13-7-5-12(20-3)6-8-13/h5-8H,4,9-10H2,1-3H3,(H,17,18)/b16-11+. The van der Waals surface area contributed by atoms with Crippen LogP contribution < -0.4 is 14.9 Å². The highest BCUT2D eigenvalue weighted by molar-refractivity contribution is 5.98. The van der Waals surface area contributed by atoms with Crippen LogP contribution in [0.25, 0.3) is 0 Å². The van der Waals surface area contributed by atoms with E-state index in [-0.39, 0.29) is 19.0 Å². The summed E-state index contributed by atoms with van der Waals surface area (Å²) in [7, 11) is 1.57. The van der Waals surface area contributed by atoms with Gasteiger partial charge in [-0.15, -0.1) is 0 Å². The fourth-order valence-electron chi connectivity index (χ4n) is 1.47. The number of carbonyl (C=O) groups is 2. The zero-order valence-electron chi connectivity index (χ0n) is 12.9. The van der Waals surface area contributed by atoms with Crippen LogP contribution in [-0.2, 0) is 14.3 Å². The third kappa shape index (κ3) is 6.74. The van der Waals surface area contributed by atoms with Crippen molar-refractivity contribution in [2.45, 2.75) is 20.3 Å².